The molecule has 108 valence electrons. The number of anilines is 1. The topological polar surface area (TPSA) is 53.1 Å². The van der Waals surface area contributed by atoms with Gasteiger partial charge in [0.15, 0.2) is 0 Å². The molecule has 1 aromatic carbocycles. The minimum absolute atomic E-state index is 0.296. The Balaban J connectivity index is 1.83. The van der Waals surface area contributed by atoms with Gasteiger partial charge in [-0.3, -0.25) is 0 Å². The van der Waals surface area contributed by atoms with E-state index in [0.717, 1.165) is 37.9 Å². The number of hydrogen-bond acceptors (Lipinski definition) is 3. The van der Waals surface area contributed by atoms with Crippen molar-refractivity contribution >= 4 is 32.9 Å². The average molecular weight is 342 g/mol. The Kier molecular flexibility index (Phi) is 3.94. The number of rotatable bonds is 3. The fourth-order valence-electron chi connectivity index (χ4n) is 2.68. The summed E-state index contributed by atoms with van der Waals surface area (Å²) in [5.41, 5.74) is 7.39. The predicted octanol–water partition coefficient (Wildman–Crippen LogP) is 3.48. The van der Waals surface area contributed by atoms with E-state index in [4.69, 9.17) is 10.5 Å². The highest BCUT2D eigenvalue weighted by Crippen LogP contribution is 2.26. The number of aromatic nitrogens is 2. The van der Waals surface area contributed by atoms with Gasteiger partial charge in [0.25, 0.3) is 0 Å². The van der Waals surface area contributed by atoms with Gasteiger partial charge in [0.05, 0.1) is 21.6 Å². The van der Waals surface area contributed by atoms with E-state index in [1.54, 1.807) is 6.07 Å². The van der Waals surface area contributed by atoms with Crippen LogP contribution in [0.3, 0.4) is 0 Å². The third kappa shape index (κ3) is 2.67. The van der Waals surface area contributed by atoms with E-state index < -0.39 is 0 Å². The minimum atomic E-state index is -0.322. The van der Waals surface area contributed by atoms with E-state index in [2.05, 4.69) is 20.9 Å². The quantitative estimate of drug-likeness (QED) is 0.929. The van der Waals surface area contributed by atoms with Gasteiger partial charge in [-0.25, -0.2) is 9.37 Å². The molecule has 1 fully saturated rings. The first-order valence-electron chi connectivity index (χ1n) is 6.87. The van der Waals surface area contributed by atoms with Gasteiger partial charge in [0.2, 0.25) is 5.95 Å². The molecule has 1 aromatic heterocycles. The van der Waals surface area contributed by atoms with Gasteiger partial charge in [-0.1, -0.05) is 0 Å². The normalized spacial score (nSPS) is 19.6. The molecule has 3 rings (SSSR count). The first-order valence-corrected chi connectivity index (χ1v) is 7.67. The number of nitrogen functional groups attached to an aromatic ring is 1. The highest BCUT2D eigenvalue weighted by Gasteiger charge is 2.16. The summed E-state index contributed by atoms with van der Waals surface area (Å²) in [5, 5.41) is 0. The molecule has 1 unspecified atom stereocenters. The Morgan fingerprint density at radius 3 is 3.05 bits per heavy atom. The van der Waals surface area contributed by atoms with Crippen LogP contribution < -0.4 is 5.73 Å². The lowest BCUT2D eigenvalue weighted by molar-refractivity contribution is 0.00906. The number of aryl methyl sites for hydroxylation is 1. The molecule has 4 nitrogen and oxygen atoms in total. The molecule has 0 spiro atoms. The molecule has 0 aliphatic carbocycles. The second-order valence-corrected chi connectivity index (χ2v) is 6.01. The molecular formula is C14H17BrFN3O. The molecule has 0 saturated carbocycles. The van der Waals surface area contributed by atoms with E-state index in [1.165, 1.54) is 12.5 Å². The van der Waals surface area contributed by atoms with E-state index >= 15 is 0 Å². The number of nitrogens with two attached hydrogens (primary N) is 1. The zero-order chi connectivity index (χ0) is 14.1. The van der Waals surface area contributed by atoms with Crippen LogP contribution in [0.1, 0.15) is 25.7 Å². The molecule has 2 aromatic rings. The van der Waals surface area contributed by atoms with E-state index in [9.17, 15) is 4.39 Å². The van der Waals surface area contributed by atoms with Crippen molar-refractivity contribution in [2.75, 3.05) is 12.3 Å². The molecule has 1 aliphatic rings. The van der Waals surface area contributed by atoms with Crippen molar-refractivity contribution in [3.63, 3.8) is 0 Å². The summed E-state index contributed by atoms with van der Waals surface area (Å²) >= 11 is 3.21. The lowest BCUT2D eigenvalue weighted by atomic mass is 10.1. The van der Waals surface area contributed by atoms with Crippen molar-refractivity contribution in [2.24, 2.45) is 0 Å². The molecule has 0 amide bonds. The summed E-state index contributed by atoms with van der Waals surface area (Å²) in [6, 6.07) is 3.14. The lowest BCUT2D eigenvalue weighted by Gasteiger charge is -2.22. The maximum Gasteiger partial charge on any atom is 0.201 e. The number of benzene rings is 1. The Labute approximate surface area is 125 Å². The molecule has 1 atom stereocenters. The number of halogens is 2. The van der Waals surface area contributed by atoms with Crippen LogP contribution in [-0.2, 0) is 11.3 Å². The molecule has 2 N–H and O–H groups in total. The third-order valence-electron chi connectivity index (χ3n) is 3.77. The molecule has 2 heterocycles. The number of imidazole rings is 1. The lowest BCUT2D eigenvalue weighted by Crippen LogP contribution is -2.21. The van der Waals surface area contributed by atoms with Gasteiger partial charge in [-0.05, 0) is 47.7 Å². The van der Waals surface area contributed by atoms with Crippen LogP contribution in [0.15, 0.2) is 16.6 Å². The fraction of sp³-hybridized carbons (Fsp3) is 0.500. The summed E-state index contributed by atoms with van der Waals surface area (Å²) in [6.45, 7) is 1.59. The molecule has 1 aliphatic heterocycles. The summed E-state index contributed by atoms with van der Waals surface area (Å²) in [6.07, 6.45) is 4.68. The van der Waals surface area contributed by atoms with Gasteiger partial charge in [-0.15, -0.1) is 0 Å². The van der Waals surface area contributed by atoms with Gasteiger partial charge < -0.3 is 15.0 Å². The third-order valence-corrected chi connectivity index (χ3v) is 4.38. The van der Waals surface area contributed by atoms with Crippen molar-refractivity contribution in [1.29, 1.82) is 0 Å². The van der Waals surface area contributed by atoms with Crippen LogP contribution >= 0.6 is 15.9 Å². The molecular weight excluding hydrogens is 325 g/mol. The number of ether oxygens (including phenoxy) is 1. The molecule has 20 heavy (non-hydrogen) atoms. The second kappa shape index (κ2) is 5.69. The van der Waals surface area contributed by atoms with Crippen molar-refractivity contribution in [3.05, 3.63) is 22.4 Å². The average Bonchev–Trinajstić information content (AvgIpc) is 2.73. The minimum Gasteiger partial charge on any atom is -0.378 e. The summed E-state index contributed by atoms with van der Waals surface area (Å²) in [4.78, 5) is 4.22. The maximum absolute atomic E-state index is 13.5. The van der Waals surface area contributed by atoms with Crippen LogP contribution in [0, 0.1) is 5.82 Å². The van der Waals surface area contributed by atoms with Gasteiger partial charge in [0.1, 0.15) is 5.82 Å². The van der Waals surface area contributed by atoms with Gasteiger partial charge >= 0.3 is 0 Å². The van der Waals surface area contributed by atoms with Gasteiger partial charge in [-0.2, -0.15) is 0 Å². The smallest absolute Gasteiger partial charge is 0.201 e. The monoisotopic (exact) mass is 341 g/mol. The van der Waals surface area contributed by atoms with Crippen LogP contribution in [0.25, 0.3) is 11.0 Å². The van der Waals surface area contributed by atoms with Gasteiger partial charge in [0, 0.05) is 19.2 Å². The Hall–Kier alpha value is -1.14. The largest absolute Gasteiger partial charge is 0.378 e. The van der Waals surface area contributed by atoms with E-state index in [-0.39, 0.29) is 5.82 Å². The van der Waals surface area contributed by atoms with Crippen LogP contribution in [0.5, 0.6) is 0 Å². The van der Waals surface area contributed by atoms with Crippen molar-refractivity contribution in [3.8, 4) is 0 Å². The zero-order valence-electron chi connectivity index (χ0n) is 11.1. The Morgan fingerprint density at radius 2 is 2.30 bits per heavy atom. The van der Waals surface area contributed by atoms with Crippen LogP contribution in [0.4, 0.5) is 10.3 Å². The second-order valence-electron chi connectivity index (χ2n) is 5.15. The molecule has 0 radical (unpaired) electrons. The Bertz CT molecular complexity index is 622. The standard InChI is InChI=1S/C14H17BrFN3O/c15-10-7-13-12(8-11(10)16)18-14(17)19(13)5-4-9-3-1-2-6-20-9/h7-9H,1-6H2,(H2,17,18). The summed E-state index contributed by atoms with van der Waals surface area (Å²) in [5.74, 6) is 0.103. The number of nitrogens with zero attached hydrogens (tertiary/aromatic N) is 2. The van der Waals surface area contributed by atoms with E-state index in [0.29, 0.717) is 22.0 Å². The molecule has 6 heteroatoms. The molecule has 0 bridgehead atoms. The fourth-order valence-corrected chi connectivity index (χ4v) is 3.01. The summed E-state index contributed by atoms with van der Waals surface area (Å²) in [7, 11) is 0. The zero-order valence-corrected chi connectivity index (χ0v) is 12.7. The summed E-state index contributed by atoms with van der Waals surface area (Å²) < 4.78 is 21.6. The van der Waals surface area contributed by atoms with Crippen molar-refractivity contribution in [1.82, 2.24) is 9.55 Å². The first kappa shape index (κ1) is 13.8. The number of hydrogen-bond donors (Lipinski definition) is 1. The highest BCUT2D eigenvalue weighted by atomic mass is 79.9. The van der Waals surface area contributed by atoms with Crippen molar-refractivity contribution in [2.45, 2.75) is 38.3 Å². The number of fused-ring (bicyclic) bond motifs is 1. The molecule has 1 saturated heterocycles. The van der Waals surface area contributed by atoms with Crippen LogP contribution in [-0.4, -0.2) is 22.3 Å². The van der Waals surface area contributed by atoms with Crippen LogP contribution in [0.2, 0.25) is 0 Å². The van der Waals surface area contributed by atoms with E-state index in [1.807, 2.05) is 4.57 Å². The predicted molar refractivity (Wildman–Crippen MR) is 80.0 cm³/mol. The van der Waals surface area contributed by atoms with Crippen molar-refractivity contribution < 1.29 is 9.13 Å². The Morgan fingerprint density at radius 1 is 1.45 bits per heavy atom. The first-order chi connectivity index (χ1) is 9.65. The highest BCUT2D eigenvalue weighted by molar-refractivity contribution is 9.10. The SMILES string of the molecule is Nc1nc2cc(F)c(Br)cc2n1CCC1CCCCO1. The maximum atomic E-state index is 13.5.